The lowest BCUT2D eigenvalue weighted by Gasteiger charge is -2.29. The SMILES string of the molecule is CCC(C)C(=O)OC(CC(C)(O)C(F)F)C(F)(F)F. The average molecular weight is 292 g/mol. The molecule has 0 amide bonds. The van der Waals surface area contributed by atoms with Crippen LogP contribution in [-0.4, -0.2) is 35.4 Å². The molecule has 0 rings (SSSR count). The van der Waals surface area contributed by atoms with Crippen molar-refractivity contribution in [3.05, 3.63) is 0 Å². The number of esters is 1. The number of hydrogen-bond acceptors (Lipinski definition) is 3. The molecular formula is C11H17F5O3. The first-order valence-corrected chi connectivity index (χ1v) is 5.69. The Kier molecular flexibility index (Phi) is 6.18. The first-order valence-electron chi connectivity index (χ1n) is 5.69. The van der Waals surface area contributed by atoms with Gasteiger partial charge in [-0.05, 0) is 13.3 Å². The van der Waals surface area contributed by atoms with E-state index in [0.29, 0.717) is 6.92 Å². The van der Waals surface area contributed by atoms with Crippen LogP contribution in [0.5, 0.6) is 0 Å². The normalized spacial score (nSPS) is 18.8. The lowest BCUT2D eigenvalue weighted by molar-refractivity contribution is -0.240. The highest BCUT2D eigenvalue weighted by molar-refractivity contribution is 5.72. The molecule has 0 saturated heterocycles. The number of ether oxygens (including phenoxy) is 1. The number of halogens is 5. The maximum atomic E-state index is 12.6. The number of carbonyl (C=O) groups excluding carboxylic acids is 1. The molecule has 19 heavy (non-hydrogen) atoms. The van der Waals surface area contributed by atoms with E-state index < -0.39 is 42.6 Å². The summed E-state index contributed by atoms with van der Waals surface area (Å²) in [4.78, 5) is 11.3. The molecule has 0 aliphatic rings. The molecule has 3 nitrogen and oxygen atoms in total. The van der Waals surface area contributed by atoms with E-state index in [1.807, 2.05) is 0 Å². The summed E-state index contributed by atoms with van der Waals surface area (Å²) in [6.07, 6.45) is -12.3. The number of hydrogen-bond donors (Lipinski definition) is 1. The Morgan fingerprint density at radius 1 is 1.32 bits per heavy atom. The van der Waals surface area contributed by atoms with Gasteiger partial charge in [-0.1, -0.05) is 13.8 Å². The van der Waals surface area contributed by atoms with E-state index in [1.54, 1.807) is 6.92 Å². The largest absolute Gasteiger partial charge is 0.452 e. The van der Waals surface area contributed by atoms with E-state index in [0.717, 1.165) is 0 Å². The van der Waals surface area contributed by atoms with Crippen LogP contribution in [-0.2, 0) is 9.53 Å². The van der Waals surface area contributed by atoms with Gasteiger partial charge < -0.3 is 9.84 Å². The molecule has 0 heterocycles. The summed E-state index contributed by atoms with van der Waals surface area (Å²) in [6.45, 7) is 3.50. The zero-order chi connectivity index (χ0) is 15.4. The summed E-state index contributed by atoms with van der Waals surface area (Å²) < 4.78 is 66.8. The second-order valence-corrected chi connectivity index (χ2v) is 4.64. The molecule has 0 aliphatic carbocycles. The van der Waals surface area contributed by atoms with Crippen LogP contribution in [0.1, 0.15) is 33.6 Å². The fraction of sp³-hybridized carbons (Fsp3) is 0.909. The summed E-state index contributed by atoms with van der Waals surface area (Å²) >= 11 is 0. The highest BCUT2D eigenvalue weighted by Gasteiger charge is 2.49. The third-order valence-electron chi connectivity index (χ3n) is 2.71. The summed E-state index contributed by atoms with van der Waals surface area (Å²) in [5.41, 5.74) is -2.88. The number of rotatable bonds is 6. The van der Waals surface area contributed by atoms with Crippen LogP contribution in [0.15, 0.2) is 0 Å². The predicted octanol–water partition coefficient (Wildman–Crippen LogP) is 2.91. The smallest absolute Gasteiger partial charge is 0.425 e. The lowest BCUT2D eigenvalue weighted by atomic mass is 9.98. The van der Waals surface area contributed by atoms with Crippen molar-refractivity contribution in [2.75, 3.05) is 0 Å². The van der Waals surface area contributed by atoms with E-state index in [9.17, 15) is 31.9 Å². The van der Waals surface area contributed by atoms with Crippen molar-refractivity contribution in [1.82, 2.24) is 0 Å². The van der Waals surface area contributed by atoms with E-state index in [-0.39, 0.29) is 6.42 Å². The van der Waals surface area contributed by atoms with Crippen molar-refractivity contribution in [3.8, 4) is 0 Å². The first-order chi connectivity index (χ1) is 8.41. The molecule has 0 radical (unpaired) electrons. The second-order valence-electron chi connectivity index (χ2n) is 4.64. The average Bonchev–Trinajstić information content (AvgIpc) is 2.25. The van der Waals surface area contributed by atoms with Crippen LogP contribution < -0.4 is 0 Å². The van der Waals surface area contributed by atoms with Gasteiger partial charge in [0.05, 0.1) is 5.92 Å². The Bertz CT molecular complexity index is 301. The van der Waals surface area contributed by atoms with Crippen LogP contribution in [0.2, 0.25) is 0 Å². The molecule has 0 saturated carbocycles. The minimum Gasteiger partial charge on any atom is -0.452 e. The third-order valence-corrected chi connectivity index (χ3v) is 2.71. The minimum absolute atomic E-state index is 0.259. The molecule has 0 aromatic rings. The molecule has 0 aromatic carbocycles. The predicted molar refractivity (Wildman–Crippen MR) is 56.6 cm³/mol. The number of alkyl halides is 5. The molecule has 0 fully saturated rings. The zero-order valence-corrected chi connectivity index (χ0v) is 10.8. The van der Waals surface area contributed by atoms with Crippen molar-refractivity contribution in [2.24, 2.45) is 5.92 Å². The summed E-state index contributed by atoms with van der Waals surface area (Å²) in [5, 5.41) is 9.19. The Morgan fingerprint density at radius 3 is 2.11 bits per heavy atom. The number of carbonyl (C=O) groups is 1. The van der Waals surface area contributed by atoms with Gasteiger partial charge in [-0.3, -0.25) is 4.79 Å². The fourth-order valence-electron chi connectivity index (χ4n) is 1.11. The van der Waals surface area contributed by atoms with Crippen LogP contribution in [0.25, 0.3) is 0 Å². The van der Waals surface area contributed by atoms with Gasteiger partial charge in [0.15, 0.2) is 6.10 Å². The van der Waals surface area contributed by atoms with Gasteiger partial charge in [0.25, 0.3) is 6.43 Å². The maximum absolute atomic E-state index is 12.6. The molecular weight excluding hydrogens is 275 g/mol. The molecule has 0 bridgehead atoms. The highest BCUT2D eigenvalue weighted by Crippen LogP contribution is 2.32. The van der Waals surface area contributed by atoms with Gasteiger partial charge in [-0.2, -0.15) is 13.2 Å². The molecule has 0 aliphatic heterocycles. The Hall–Kier alpha value is -0.920. The van der Waals surface area contributed by atoms with Crippen molar-refractivity contribution in [3.63, 3.8) is 0 Å². The van der Waals surface area contributed by atoms with Gasteiger partial charge in [-0.25, -0.2) is 8.78 Å². The standard InChI is InChI=1S/C11H17F5O3/c1-4-6(2)8(17)19-7(11(14,15)16)5-10(3,18)9(12)13/h6-7,9,18H,4-5H2,1-3H3. The molecule has 114 valence electrons. The van der Waals surface area contributed by atoms with Gasteiger partial charge in [0.1, 0.15) is 5.60 Å². The summed E-state index contributed by atoms with van der Waals surface area (Å²) in [5.74, 6) is -1.91. The van der Waals surface area contributed by atoms with Crippen molar-refractivity contribution in [1.29, 1.82) is 0 Å². The van der Waals surface area contributed by atoms with Gasteiger partial charge in [0, 0.05) is 6.42 Å². The Labute approximate surface area is 107 Å². The van der Waals surface area contributed by atoms with E-state index in [1.165, 1.54) is 6.92 Å². The molecule has 3 unspecified atom stereocenters. The van der Waals surface area contributed by atoms with Crippen molar-refractivity contribution < 1.29 is 36.6 Å². The first kappa shape index (κ1) is 18.1. The fourth-order valence-corrected chi connectivity index (χ4v) is 1.11. The van der Waals surface area contributed by atoms with Gasteiger partial charge in [0.2, 0.25) is 0 Å². The van der Waals surface area contributed by atoms with E-state index in [2.05, 4.69) is 4.74 Å². The maximum Gasteiger partial charge on any atom is 0.425 e. The summed E-state index contributed by atoms with van der Waals surface area (Å²) in [6, 6.07) is 0. The topological polar surface area (TPSA) is 46.5 Å². The van der Waals surface area contributed by atoms with Gasteiger partial charge in [-0.15, -0.1) is 0 Å². The molecule has 0 aromatic heterocycles. The molecule has 8 heteroatoms. The zero-order valence-electron chi connectivity index (χ0n) is 10.8. The Balaban J connectivity index is 4.91. The van der Waals surface area contributed by atoms with Crippen LogP contribution >= 0.6 is 0 Å². The van der Waals surface area contributed by atoms with Crippen LogP contribution in [0.3, 0.4) is 0 Å². The van der Waals surface area contributed by atoms with E-state index in [4.69, 9.17) is 0 Å². The molecule has 0 spiro atoms. The van der Waals surface area contributed by atoms with Crippen molar-refractivity contribution in [2.45, 2.75) is 57.9 Å². The van der Waals surface area contributed by atoms with Crippen LogP contribution in [0, 0.1) is 5.92 Å². The Morgan fingerprint density at radius 2 is 1.79 bits per heavy atom. The van der Waals surface area contributed by atoms with E-state index >= 15 is 0 Å². The third kappa shape index (κ3) is 5.71. The summed E-state index contributed by atoms with van der Waals surface area (Å²) in [7, 11) is 0. The monoisotopic (exact) mass is 292 g/mol. The molecule has 3 atom stereocenters. The second kappa shape index (κ2) is 6.49. The van der Waals surface area contributed by atoms with Crippen LogP contribution in [0.4, 0.5) is 22.0 Å². The van der Waals surface area contributed by atoms with Gasteiger partial charge >= 0.3 is 12.1 Å². The lowest BCUT2D eigenvalue weighted by Crippen LogP contribution is -2.45. The van der Waals surface area contributed by atoms with Crippen molar-refractivity contribution >= 4 is 5.97 Å². The quantitative estimate of drug-likeness (QED) is 0.605. The molecule has 1 N–H and O–H groups in total. The number of aliphatic hydroxyl groups is 1. The highest BCUT2D eigenvalue weighted by atomic mass is 19.4. The minimum atomic E-state index is -5.01.